The van der Waals surface area contributed by atoms with Gasteiger partial charge in [-0.15, -0.1) is 10.2 Å². The fourth-order valence-corrected chi connectivity index (χ4v) is 3.89. The second-order valence-corrected chi connectivity index (χ2v) is 7.75. The highest BCUT2D eigenvalue weighted by Gasteiger charge is 2.18. The van der Waals surface area contributed by atoms with Gasteiger partial charge in [-0.1, -0.05) is 30.6 Å². The second kappa shape index (κ2) is 8.42. The summed E-state index contributed by atoms with van der Waals surface area (Å²) < 4.78 is 10.5. The molecule has 0 bridgehead atoms. The molecule has 1 aliphatic carbocycles. The van der Waals surface area contributed by atoms with Crippen LogP contribution in [0.1, 0.15) is 46.9 Å². The van der Waals surface area contributed by atoms with Crippen LogP contribution in [-0.2, 0) is 6.54 Å². The van der Waals surface area contributed by atoms with Crippen molar-refractivity contribution < 1.29 is 19.1 Å². The molecule has 3 amide bonds. The van der Waals surface area contributed by atoms with Gasteiger partial charge in [-0.05, 0) is 25.0 Å². The maximum absolute atomic E-state index is 12.4. The minimum atomic E-state index is -0.366. The normalized spacial score (nSPS) is 15.9. The summed E-state index contributed by atoms with van der Waals surface area (Å²) in [4.78, 5) is 24.3. The summed E-state index contributed by atoms with van der Waals surface area (Å²) in [6.45, 7) is 0.404. The number of nitrogens with one attached hydrogen (secondary N) is 3. The summed E-state index contributed by atoms with van der Waals surface area (Å²) in [6, 6.07) is 5.18. The van der Waals surface area contributed by atoms with Crippen LogP contribution in [0, 0.1) is 0 Å². The van der Waals surface area contributed by atoms with Crippen molar-refractivity contribution in [3.8, 4) is 11.5 Å². The fraction of sp³-hybridized carbons (Fsp3) is 0.444. The number of anilines is 1. The quantitative estimate of drug-likeness (QED) is 0.707. The molecule has 0 saturated heterocycles. The summed E-state index contributed by atoms with van der Waals surface area (Å²) >= 11 is 1.14. The average molecular weight is 403 g/mol. The minimum Gasteiger partial charge on any atom is -0.454 e. The van der Waals surface area contributed by atoms with Gasteiger partial charge >= 0.3 is 6.03 Å². The molecule has 9 nitrogen and oxygen atoms in total. The Morgan fingerprint density at radius 2 is 1.93 bits per heavy atom. The Morgan fingerprint density at radius 3 is 2.79 bits per heavy atom. The van der Waals surface area contributed by atoms with Crippen LogP contribution in [0.2, 0.25) is 0 Å². The Bertz CT molecular complexity index is 865. The van der Waals surface area contributed by atoms with Crippen LogP contribution in [-0.4, -0.2) is 35.0 Å². The zero-order valence-corrected chi connectivity index (χ0v) is 16.0. The molecule has 0 unspecified atom stereocenters. The van der Waals surface area contributed by atoms with Gasteiger partial charge in [0.2, 0.25) is 11.8 Å². The number of carbonyl (C=O) groups excluding carboxylic acids is 2. The van der Waals surface area contributed by atoms with Gasteiger partial charge in [0.15, 0.2) is 11.5 Å². The van der Waals surface area contributed by atoms with Crippen LogP contribution in [0.25, 0.3) is 0 Å². The number of nitrogens with zero attached hydrogens (tertiary/aromatic N) is 2. The first-order chi connectivity index (χ1) is 13.7. The van der Waals surface area contributed by atoms with E-state index >= 15 is 0 Å². The van der Waals surface area contributed by atoms with Crippen LogP contribution < -0.4 is 25.4 Å². The minimum absolute atomic E-state index is 0.174. The van der Waals surface area contributed by atoms with E-state index in [0.717, 1.165) is 37.0 Å². The first-order valence-electron chi connectivity index (χ1n) is 9.25. The van der Waals surface area contributed by atoms with Gasteiger partial charge in [0.25, 0.3) is 5.91 Å². The van der Waals surface area contributed by atoms with Crippen molar-refractivity contribution in [2.24, 2.45) is 0 Å². The Hall–Kier alpha value is -2.88. The lowest BCUT2D eigenvalue weighted by molar-refractivity contribution is 0.102. The van der Waals surface area contributed by atoms with E-state index in [1.807, 2.05) is 0 Å². The van der Waals surface area contributed by atoms with Crippen LogP contribution in [0.3, 0.4) is 0 Å². The summed E-state index contributed by atoms with van der Waals surface area (Å²) in [6.07, 6.45) is 5.60. The largest absolute Gasteiger partial charge is 0.454 e. The fourth-order valence-electron chi connectivity index (χ4n) is 3.21. The first kappa shape index (κ1) is 18.5. The van der Waals surface area contributed by atoms with Crippen LogP contribution in [0.15, 0.2) is 18.2 Å². The van der Waals surface area contributed by atoms with Crippen molar-refractivity contribution in [2.45, 2.75) is 44.7 Å². The highest BCUT2D eigenvalue weighted by atomic mass is 32.1. The molecule has 3 N–H and O–H groups in total. The SMILES string of the molecule is O=C(NCc1nnc(C(=O)Nc2ccc3c(c2)OCO3)s1)NC1CCCCC1. The third-order valence-corrected chi connectivity index (χ3v) is 5.55. The predicted octanol–water partition coefficient (Wildman–Crippen LogP) is 2.65. The molecule has 148 valence electrons. The zero-order chi connectivity index (χ0) is 19.3. The van der Waals surface area contributed by atoms with Crippen molar-refractivity contribution in [1.82, 2.24) is 20.8 Å². The Labute approximate surface area is 165 Å². The summed E-state index contributed by atoms with van der Waals surface area (Å²) in [7, 11) is 0. The van der Waals surface area contributed by atoms with E-state index in [9.17, 15) is 9.59 Å². The molecular weight excluding hydrogens is 382 g/mol. The van der Waals surface area contributed by atoms with E-state index < -0.39 is 0 Å². The molecular formula is C18H21N5O4S. The third kappa shape index (κ3) is 4.50. The van der Waals surface area contributed by atoms with Crippen LogP contribution in [0.4, 0.5) is 10.5 Å². The lowest BCUT2D eigenvalue weighted by atomic mass is 9.96. The first-order valence-corrected chi connectivity index (χ1v) is 10.1. The Balaban J connectivity index is 1.27. The number of rotatable bonds is 5. The number of fused-ring (bicyclic) bond motifs is 1. The van der Waals surface area contributed by atoms with Gasteiger partial charge in [0, 0.05) is 17.8 Å². The summed E-state index contributed by atoms with van der Waals surface area (Å²) in [5.41, 5.74) is 0.580. The van der Waals surface area contributed by atoms with Crippen LogP contribution >= 0.6 is 11.3 Å². The van der Waals surface area contributed by atoms with Crippen molar-refractivity contribution in [1.29, 1.82) is 0 Å². The molecule has 4 rings (SSSR count). The molecule has 2 aromatic rings. The lowest BCUT2D eigenvalue weighted by Gasteiger charge is -2.22. The second-order valence-electron chi connectivity index (χ2n) is 6.69. The van der Waals surface area contributed by atoms with Crippen molar-refractivity contribution >= 4 is 29.0 Å². The summed E-state index contributed by atoms with van der Waals surface area (Å²) in [5, 5.41) is 17.2. The smallest absolute Gasteiger partial charge is 0.315 e. The monoisotopic (exact) mass is 403 g/mol. The zero-order valence-electron chi connectivity index (χ0n) is 15.2. The van der Waals surface area contributed by atoms with Crippen molar-refractivity contribution in [3.05, 3.63) is 28.2 Å². The number of hydrogen-bond donors (Lipinski definition) is 3. The van der Waals surface area contributed by atoms with Gasteiger partial charge in [-0.3, -0.25) is 4.79 Å². The molecule has 1 aromatic carbocycles. The number of carbonyl (C=O) groups is 2. The van der Waals surface area contributed by atoms with E-state index in [4.69, 9.17) is 9.47 Å². The highest BCUT2D eigenvalue weighted by molar-refractivity contribution is 7.13. The lowest BCUT2D eigenvalue weighted by Crippen LogP contribution is -2.42. The highest BCUT2D eigenvalue weighted by Crippen LogP contribution is 2.34. The van der Waals surface area contributed by atoms with Gasteiger partial charge in [0.05, 0.1) is 6.54 Å². The molecule has 2 aliphatic rings. The predicted molar refractivity (Wildman–Crippen MR) is 103 cm³/mol. The molecule has 0 spiro atoms. The number of urea groups is 1. The van der Waals surface area contributed by atoms with E-state index in [2.05, 4.69) is 26.1 Å². The molecule has 1 saturated carbocycles. The van der Waals surface area contributed by atoms with Crippen molar-refractivity contribution in [3.63, 3.8) is 0 Å². The molecule has 10 heteroatoms. The maximum atomic E-state index is 12.4. The molecule has 0 radical (unpaired) electrons. The molecule has 2 heterocycles. The molecule has 28 heavy (non-hydrogen) atoms. The van der Waals surface area contributed by atoms with Gasteiger partial charge in [0.1, 0.15) is 5.01 Å². The van der Waals surface area contributed by atoms with Gasteiger partial charge in [-0.25, -0.2) is 4.79 Å². The maximum Gasteiger partial charge on any atom is 0.315 e. The third-order valence-electron chi connectivity index (χ3n) is 4.63. The molecule has 1 fully saturated rings. The number of aromatic nitrogens is 2. The average Bonchev–Trinajstić information content (AvgIpc) is 3.36. The van der Waals surface area contributed by atoms with E-state index in [0.29, 0.717) is 22.2 Å². The molecule has 1 aromatic heterocycles. The summed E-state index contributed by atoms with van der Waals surface area (Å²) in [5.74, 6) is 0.868. The van der Waals surface area contributed by atoms with Gasteiger partial charge in [-0.2, -0.15) is 0 Å². The number of amides is 3. The number of benzene rings is 1. The van der Waals surface area contributed by atoms with E-state index in [1.54, 1.807) is 18.2 Å². The van der Waals surface area contributed by atoms with E-state index in [-0.39, 0.29) is 36.3 Å². The Kier molecular flexibility index (Phi) is 5.56. The van der Waals surface area contributed by atoms with Gasteiger partial charge < -0.3 is 25.4 Å². The standard InChI is InChI=1S/C18H21N5O4S/c24-16(20-12-6-7-13-14(8-12)27-10-26-13)17-23-22-15(28-17)9-19-18(25)21-11-4-2-1-3-5-11/h6-8,11H,1-5,9-10H2,(H,20,24)(H2,19,21,25). The number of ether oxygens (including phenoxy) is 2. The molecule has 1 aliphatic heterocycles. The number of hydrogen-bond acceptors (Lipinski definition) is 7. The van der Waals surface area contributed by atoms with Crippen molar-refractivity contribution in [2.75, 3.05) is 12.1 Å². The van der Waals surface area contributed by atoms with E-state index in [1.165, 1.54) is 6.42 Å². The van der Waals surface area contributed by atoms with Crippen LogP contribution in [0.5, 0.6) is 11.5 Å². The Morgan fingerprint density at radius 1 is 1.11 bits per heavy atom. The molecule has 0 atom stereocenters. The topological polar surface area (TPSA) is 114 Å².